The van der Waals surface area contributed by atoms with Crippen molar-refractivity contribution in [3.63, 3.8) is 0 Å². The normalized spacial score (nSPS) is 14.4. The van der Waals surface area contributed by atoms with Crippen molar-refractivity contribution in [1.29, 1.82) is 0 Å². The summed E-state index contributed by atoms with van der Waals surface area (Å²) < 4.78 is 26.3. The zero-order chi connectivity index (χ0) is 18.3. The van der Waals surface area contributed by atoms with Crippen LogP contribution in [0.4, 0.5) is 0 Å². The summed E-state index contributed by atoms with van der Waals surface area (Å²) in [4.78, 5) is 12.1. The number of hydrogen-bond acceptors (Lipinski definition) is 4. The van der Waals surface area contributed by atoms with E-state index < -0.39 is 10.0 Å². The third-order valence-corrected chi connectivity index (χ3v) is 5.99. The van der Waals surface area contributed by atoms with Crippen LogP contribution in [-0.4, -0.2) is 37.8 Å². The van der Waals surface area contributed by atoms with Crippen LogP contribution < -0.4 is 11.1 Å². The molecular formula is C17H29N3O3S. The lowest BCUT2D eigenvalue weighted by atomic mass is 10.1. The summed E-state index contributed by atoms with van der Waals surface area (Å²) in [6.07, 6.45) is 1.02. The highest BCUT2D eigenvalue weighted by Crippen LogP contribution is 2.19. The molecule has 0 aliphatic heterocycles. The van der Waals surface area contributed by atoms with Gasteiger partial charge < -0.3 is 11.1 Å². The highest BCUT2D eigenvalue weighted by atomic mass is 32.2. The number of carbonyl (C=O) groups is 1. The summed E-state index contributed by atoms with van der Waals surface area (Å²) in [7, 11) is -3.45. The molecule has 1 aromatic carbocycles. The molecule has 1 amide bonds. The van der Waals surface area contributed by atoms with Crippen LogP contribution in [0.2, 0.25) is 0 Å². The summed E-state index contributed by atoms with van der Waals surface area (Å²) in [5.41, 5.74) is 6.51. The van der Waals surface area contributed by atoms with E-state index in [4.69, 9.17) is 5.73 Å². The van der Waals surface area contributed by atoms with Gasteiger partial charge in [0.1, 0.15) is 0 Å². The number of benzene rings is 1. The van der Waals surface area contributed by atoms with E-state index in [0.717, 1.165) is 5.56 Å². The number of hydrogen-bond donors (Lipinski definition) is 2. The van der Waals surface area contributed by atoms with Crippen molar-refractivity contribution in [2.45, 2.75) is 57.5 Å². The second-order valence-electron chi connectivity index (χ2n) is 5.96. The highest BCUT2D eigenvalue weighted by molar-refractivity contribution is 7.89. The zero-order valence-electron chi connectivity index (χ0n) is 15.0. The predicted molar refractivity (Wildman–Crippen MR) is 96.0 cm³/mol. The second-order valence-corrected chi connectivity index (χ2v) is 7.90. The third-order valence-electron chi connectivity index (χ3n) is 3.93. The molecule has 136 valence electrons. The lowest BCUT2D eigenvalue weighted by Gasteiger charge is -2.19. The fourth-order valence-electron chi connectivity index (χ4n) is 2.40. The van der Waals surface area contributed by atoms with Crippen LogP contribution >= 0.6 is 0 Å². The summed E-state index contributed by atoms with van der Waals surface area (Å²) in [6.45, 7) is 8.24. The number of amides is 1. The molecular weight excluding hydrogens is 326 g/mol. The van der Waals surface area contributed by atoms with Crippen LogP contribution in [0, 0.1) is 0 Å². The Balaban J connectivity index is 2.78. The Morgan fingerprint density at radius 1 is 1.17 bits per heavy atom. The van der Waals surface area contributed by atoms with Crippen molar-refractivity contribution >= 4 is 15.9 Å². The fourth-order valence-corrected chi connectivity index (χ4v) is 3.85. The van der Waals surface area contributed by atoms with Crippen LogP contribution in [0.15, 0.2) is 29.2 Å². The predicted octanol–water partition coefficient (Wildman–Crippen LogP) is 2.02. The smallest absolute Gasteiger partial charge is 0.243 e. The average Bonchev–Trinajstić information content (AvgIpc) is 2.54. The molecule has 1 aromatic rings. The molecule has 0 radical (unpaired) electrons. The van der Waals surface area contributed by atoms with Crippen LogP contribution in [0.25, 0.3) is 0 Å². The topological polar surface area (TPSA) is 92.5 Å². The standard InChI is InChI=1S/C17H29N3O3S/c1-5-20(6-2)24(22,23)16-10-8-15(9-11-16)14(4)19-17(21)12-7-13(3)18/h8-11,13-14H,5-7,12,18H2,1-4H3,(H,19,21). The Hall–Kier alpha value is -1.44. The molecule has 0 aliphatic carbocycles. The van der Waals surface area contributed by atoms with E-state index in [2.05, 4.69) is 5.32 Å². The first-order valence-electron chi connectivity index (χ1n) is 8.37. The van der Waals surface area contributed by atoms with Gasteiger partial charge in [-0.05, 0) is 38.0 Å². The number of nitrogens with zero attached hydrogens (tertiary/aromatic N) is 1. The van der Waals surface area contributed by atoms with Gasteiger partial charge in [0.2, 0.25) is 15.9 Å². The quantitative estimate of drug-likeness (QED) is 0.709. The first-order valence-corrected chi connectivity index (χ1v) is 9.81. The average molecular weight is 356 g/mol. The maximum absolute atomic E-state index is 12.4. The van der Waals surface area contributed by atoms with Crippen molar-refractivity contribution in [2.75, 3.05) is 13.1 Å². The van der Waals surface area contributed by atoms with Gasteiger partial charge in [-0.1, -0.05) is 26.0 Å². The molecule has 0 heterocycles. The van der Waals surface area contributed by atoms with Crippen LogP contribution in [0.3, 0.4) is 0 Å². The van der Waals surface area contributed by atoms with E-state index in [1.807, 2.05) is 27.7 Å². The Kier molecular flexibility index (Phi) is 7.86. The molecule has 0 bridgehead atoms. The van der Waals surface area contributed by atoms with Gasteiger partial charge in [-0.3, -0.25) is 4.79 Å². The van der Waals surface area contributed by atoms with Crippen LogP contribution in [0.1, 0.15) is 52.1 Å². The number of rotatable bonds is 9. The molecule has 2 unspecified atom stereocenters. The maximum atomic E-state index is 12.4. The Labute approximate surface area is 145 Å². The van der Waals surface area contributed by atoms with E-state index in [0.29, 0.717) is 25.9 Å². The van der Waals surface area contributed by atoms with Crippen molar-refractivity contribution in [1.82, 2.24) is 9.62 Å². The van der Waals surface area contributed by atoms with E-state index >= 15 is 0 Å². The van der Waals surface area contributed by atoms with Crippen molar-refractivity contribution in [3.8, 4) is 0 Å². The highest BCUT2D eigenvalue weighted by Gasteiger charge is 2.21. The lowest BCUT2D eigenvalue weighted by molar-refractivity contribution is -0.121. The van der Waals surface area contributed by atoms with Crippen molar-refractivity contribution in [3.05, 3.63) is 29.8 Å². The van der Waals surface area contributed by atoms with Gasteiger partial charge in [-0.15, -0.1) is 0 Å². The Bertz CT molecular complexity index is 623. The summed E-state index contributed by atoms with van der Waals surface area (Å²) in [6, 6.07) is 6.48. The van der Waals surface area contributed by atoms with Gasteiger partial charge >= 0.3 is 0 Å². The Morgan fingerprint density at radius 3 is 2.17 bits per heavy atom. The maximum Gasteiger partial charge on any atom is 0.243 e. The van der Waals surface area contributed by atoms with Gasteiger partial charge in [0.15, 0.2) is 0 Å². The molecule has 0 fully saturated rings. The van der Waals surface area contributed by atoms with Crippen LogP contribution in [-0.2, 0) is 14.8 Å². The van der Waals surface area contributed by atoms with E-state index in [-0.39, 0.29) is 22.9 Å². The first-order chi connectivity index (χ1) is 11.2. The molecule has 0 saturated heterocycles. The molecule has 6 nitrogen and oxygen atoms in total. The summed E-state index contributed by atoms with van der Waals surface area (Å²) in [5, 5.41) is 2.90. The number of carbonyl (C=O) groups excluding carboxylic acids is 1. The van der Waals surface area contributed by atoms with Gasteiger partial charge in [0.25, 0.3) is 0 Å². The minimum Gasteiger partial charge on any atom is -0.350 e. The lowest BCUT2D eigenvalue weighted by Crippen LogP contribution is -2.30. The zero-order valence-corrected chi connectivity index (χ0v) is 15.8. The SMILES string of the molecule is CCN(CC)S(=O)(=O)c1ccc(C(C)NC(=O)CCC(C)N)cc1. The van der Waals surface area contributed by atoms with E-state index in [1.54, 1.807) is 24.3 Å². The first kappa shape index (κ1) is 20.6. The number of nitrogens with two attached hydrogens (primary N) is 1. The van der Waals surface area contributed by atoms with Gasteiger partial charge in [-0.2, -0.15) is 4.31 Å². The monoisotopic (exact) mass is 355 g/mol. The molecule has 7 heteroatoms. The molecule has 24 heavy (non-hydrogen) atoms. The minimum atomic E-state index is -3.45. The Morgan fingerprint density at radius 2 is 1.71 bits per heavy atom. The number of nitrogens with one attached hydrogen (secondary N) is 1. The molecule has 0 aromatic heterocycles. The molecule has 1 rings (SSSR count). The van der Waals surface area contributed by atoms with Crippen molar-refractivity contribution < 1.29 is 13.2 Å². The number of sulfonamides is 1. The van der Waals surface area contributed by atoms with Gasteiger partial charge in [0, 0.05) is 25.6 Å². The molecule has 0 aliphatic rings. The summed E-state index contributed by atoms with van der Waals surface area (Å²) in [5.74, 6) is -0.0559. The van der Waals surface area contributed by atoms with E-state index in [9.17, 15) is 13.2 Å². The molecule has 0 spiro atoms. The van der Waals surface area contributed by atoms with Gasteiger partial charge in [-0.25, -0.2) is 8.42 Å². The molecule has 0 saturated carbocycles. The second kappa shape index (κ2) is 9.15. The third kappa shape index (κ3) is 5.58. The fraction of sp³-hybridized carbons (Fsp3) is 0.588. The van der Waals surface area contributed by atoms with E-state index in [1.165, 1.54) is 4.31 Å². The summed E-state index contributed by atoms with van der Waals surface area (Å²) >= 11 is 0. The minimum absolute atomic E-state index is 0.00405. The molecule has 3 N–H and O–H groups in total. The van der Waals surface area contributed by atoms with Gasteiger partial charge in [0.05, 0.1) is 10.9 Å². The molecule has 2 atom stereocenters. The van der Waals surface area contributed by atoms with Crippen molar-refractivity contribution in [2.24, 2.45) is 5.73 Å². The largest absolute Gasteiger partial charge is 0.350 e. The van der Waals surface area contributed by atoms with Crippen LogP contribution in [0.5, 0.6) is 0 Å².